The van der Waals surface area contributed by atoms with Crippen molar-refractivity contribution in [2.45, 2.75) is 32.2 Å². The highest BCUT2D eigenvalue weighted by Gasteiger charge is 2.26. The van der Waals surface area contributed by atoms with Crippen molar-refractivity contribution in [3.8, 4) is 0 Å². The van der Waals surface area contributed by atoms with Gasteiger partial charge in [-0.05, 0) is 62.6 Å². The Kier molecular flexibility index (Phi) is 4.32. The van der Waals surface area contributed by atoms with Crippen molar-refractivity contribution < 1.29 is 0 Å². The molecular formula is C20H22N4O. The minimum Gasteiger partial charge on any atom is -0.296 e. The molecule has 0 aromatic carbocycles. The van der Waals surface area contributed by atoms with Crippen LogP contribution in [0.15, 0.2) is 53.7 Å². The number of likely N-dealkylation sites (tertiary alicyclic amines) is 1. The van der Waals surface area contributed by atoms with Crippen LogP contribution in [0.3, 0.4) is 0 Å². The quantitative estimate of drug-likeness (QED) is 0.736. The van der Waals surface area contributed by atoms with E-state index in [2.05, 4.69) is 27.0 Å². The summed E-state index contributed by atoms with van der Waals surface area (Å²) in [6.45, 7) is 3.89. The number of hydrogen-bond acceptors (Lipinski definition) is 4. The topological polar surface area (TPSA) is 50.5 Å². The summed E-state index contributed by atoms with van der Waals surface area (Å²) in [5.41, 5.74) is 3.75. The van der Waals surface area contributed by atoms with E-state index in [1.165, 1.54) is 12.0 Å². The van der Waals surface area contributed by atoms with Crippen molar-refractivity contribution in [2.75, 3.05) is 13.1 Å². The van der Waals surface area contributed by atoms with Gasteiger partial charge >= 0.3 is 0 Å². The third-order valence-electron chi connectivity index (χ3n) is 5.14. The first-order valence-corrected chi connectivity index (χ1v) is 8.85. The van der Waals surface area contributed by atoms with Gasteiger partial charge in [0.1, 0.15) is 5.65 Å². The van der Waals surface area contributed by atoms with Crippen molar-refractivity contribution in [3.63, 3.8) is 0 Å². The molecule has 3 aromatic rings. The van der Waals surface area contributed by atoms with E-state index in [-0.39, 0.29) is 5.56 Å². The van der Waals surface area contributed by atoms with Crippen LogP contribution in [-0.4, -0.2) is 32.4 Å². The molecule has 0 unspecified atom stereocenters. The fourth-order valence-corrected chi connectivity index (χ4v) is 3.84. The van der Waals surface area contributed by atoms with Crippen LogP contribution >= 0.6 is 0 Å². The van der Waals surface area contributed by atoms with E-state index in [1.54, 1.807) is 10.6 Å². The second kappa shape index (κ2) is 6.76. The summed E-state index contributed by atoms with van der Waals surface area (Å²) in [6.07, 6.45) is 8.60. The van der Waals surface area contributed by atoms with Crippen molar-refractivity contribution in [1.29, 1.82) is 0 Å². The SMILES string of the molecule is Cc1nc2ccccn2c(=O)c1CCN1CCC[C@@H]1c1ccncc1. The van der Waals surface area contributed by atoms with E-state index in [4.69, 9.17) is 0 Å². The normalized spacial score (nSPS) is 18.0. The Morgan fingerprint density at radius 3 is 2.88 bits per heavy atom. The largest absolute Gasteiger partial charge is 0.296 e. The molecule has 0 radical (unpaired) electrons. The van der Waals surface area contributed by atoms with Gasteiger partial charge in [0.2, 0.25) is 0 Å². The van der Waals surface area contributed by atoms with Crippen molar-refractivity contribution in [2.24, 2.45) is 0 Å². The Morgan fingerprint density at radius 2 is 2.04 bits per heavy atom. The Hall–Kier alpha value is -2.53. The summed E-state index contributed by atoms with van der Waals surface area (Å²) in [5, 5.41) is 0. The van der Waals surface area contributed by atoms with Crippen molar-refractivity contribution >= 4 is 5.65 Å². The van der Waals surface area contributed by atoms with Crippen molar-refractivity contribution in [1.82, 2.24) is 19.3 Å². The van der Waals surface area contributed by atoms with Gasteiger partial charge < -0.3 is 0 Å². The number of rotatable bonds is 4. The monoisotopic (exact) mass is 334 g/mol. The van der Waals surface area contributed by atoms with Gasteiger partial charge in [-0.2, -0.15) is 0 Å². The molecule has 128 valence electrons. The van der Waals surface area contributed by atoms with Crippen LogP contribution < -0.4 is 5.56 Å². The molecule has 1 fully saturated rings. The second-order valence-corrected chi connectivity index (χ2v) is 6.63. The standard InChI is InChI=1S/C20H22N4O/c1-15-17(20(25)24-13-3-2-6-19(24)22-15)9-14-23-12-4-5-18(23)16-7-10-21-11-8-16/h2-3,6-8,10-11,13,18H,4-5,9,12,14H2,1H3/t18-/m1/s1. The number of fused-ring (bicyclic) bond motifs is 1. The average molecular weight is 334 g/mol. The molecule has 25 heavy (non-hydrogen) atoms. The molecule has 1 aliphatic heterocycles. The zero-order valence-corrected chi connectivity index (χ0v) is 14.4. The van der Waals surface area contributed by atoms with E-state index < -0.39 is 0 Å². The predicted molar refractivity (Wildman–Crippen MR) is 97.7 cm³/mol. The van der Waals surface area contributed by atoms with Crippen LogP contribution in [0.4, 0.5) is 0 Å². The first-order chi connectivity index (χ1) is 12.2. The van der Waals surface area contributed by atoms with Crippen LogP contribution in [0, 0.1) is 6.92 Å². The Morgan fingerprint density at radius 1 is 1.20 bits per heavy atom. The van der Waals surface area contributed by atoms with E-state index in [1.807, 2.05) is 37.5 Å². The molecule has 0 amide bonds. The number of aromatic nitrogens is 3. The van der Waals surface area contributed by atoms with Crippen LogP contribution in [0.5, 0.6) is 0 Å². The lowest BCUT2D eigenvalue weighted by Gasteiger charge is -2.24. The maximum absolute atomic E-state index is 12.8. The lowest BCUT2D eigenvalue weighted by Crippen LogP contribution is -2.29. The lowest BCUT2D eigenvalue weighted by atomic mass is 10.1. The van der Waals surface area contributed by atoms with Gasteiger partial charge in [-0.3, -0.25) is 19.1 Å². The summed E-state index contributed by atoms with van der Waals surface area (Å²) in [4.78, 5) is 24.0. The minimum atomic E-state index is 0.0581. The smallest absolute Gasteiger partial charge is 0.261 e. The Balaban J connectivity index is 1.57. The summed E-state index contributed by atoms with van der Waals surface area (Å²) >= 11 is 0. The van der Waals surface area contributed by atoms with Gasteiger partial charge in [0.25, 0.3) is 5.56 Å². The van der Waals surface area contributed by atoms with E-state index in [9.17, 15) is 4.79 Å². The van der Waals surface area contributed by atoms with Crippen LogP contribution in [0.25, 0.3) is 5.65 Å². The first-order valence-electron chi connectivity index (χ1n) is 8.85. The highest BCUT2D eigenvalue weighted by atomic mass is 16.1. The van der Waals surface area contributed by atoms with Crippen LogP contribution in [0.2, 0.25) is 0 Å². The molecule has 3 aromatic heterocycles. The summed E-state index contributed by atoms with van der Waals surface area (Å²) < 4.78 is 1.65. The molecule has 5 nitrogen and oxygen atoms in total. The molecule has 0 N–H and O–H groups in total. The molecule has 1 atom stereocenters. The molecule has 1 aliphatic rings. The Bertz CT molecular complexity index is 935. The van der Waals surface area contributed by atoms with Crippen molar-refractivity contribution in [3.05, 3.63) is 76.1 Å². The zero-order valence-electron chi connectivity index (χ0n) is 14.4. The summed E-state index contributed by atoms with van der Waals surface area (Å²) in [5.74, 6) is 0. The van der Waals surface area contributed by atoms with E-state index in [0.717, 1.165) is 37.2 Å². The Labute approximate surface area is 147 Å². The number of hydrogen-bond donors (Lipinski definition) is 0. The first kappa shape index (κ1) is 16.0. The number of aryl methyl sites for hydroxylation is 1. The van der Waals surface area contributed by atoms with Gasteiger partial charge in [0, 0.05) is 42.4 Å². The maximum Gasteiger partial charge on any atom is 0.261 e. The fraction of sp³-hybridized carbons (Fsp3) is 0.350. The molecule has 5 heteroatoms. The summed E-state index contributed by atoms with van der Waals surface area (Å²) in [7, 11) is 0. The second-order valence-electron chi connectivity index (χ2n) is 6.63. The minimum absolute atomic E-state index is 0.0581. The molecule has 0 bridgehead atoms. The molecular weight excluding hydrogens is 312 g/mol. The van der Waals surface area contributed by atoms with Gasteiger partial charge in [-0.25, -0.2) is 4.98 Å². The van der Waals surface area contributed by atoms with E-state index >= 15 is 0 Å². The van der Waals surface area contributed by atoms with Gasteiger partial charge in [0.05, 0.1) is 0 Å². The maximum atomic E-state index is 12.8. The fourth-order valence-electron chi connectivity index (χ4n) is 3.84. The third-order valence-corrected chi connectivity index (χ3v) is 5.14. The molecule has 0 spiro atoms. The number of nitrogens with zero attached hydrogens (tertiary/aromatic N) is 4. The average Bonchev–Trinajstić information content (AvgIpc) is 3.11. The predicted octanol–water partition coefficient (Wildman–Crippen LogP) is 2.78. The van der Waals surface area contributed by atoms with E-state index in [0.29, 0.717) is 11.7 Å². The lowest BCUT2D eigenvalue weighted by molar-refractivity contribution is 0.260. The molecule has 0 aliphatic carbocycles. The number of pyridine rings is 2. The molecule has 1 saturated heterocycles. The highest BCUT2D eigenvalue weighted by molar-refractivity contribution is 5.40. The summed E-state index contributed by atoms with van der Waals surface area (Å²) in [6, 6.07) is 10.3. The third kappa shape index (κ3) is 3.07. The van der Waals surface area contributed by atoms with Crippen LogP contribution in [0.1, 0.15) is 35.7 Å². The van der Waals surface area contributed by atoms with Gasteiger partial charge in [-0.1, -0.05) is 6.07 Å². The highest BCUT2D eigenvalue weighted by Crippen LogP contribution is 2.31. The van der Waals surface area contributed by atoms with Gasteiger partial charge in [0.15, 0.2) is 0 Å². The zero-order chi connectivity index (χ0) is 17.2. The van der Waals surface area contributed by atoms with Crippen LogP contribution in [-0.2, 0) is 6.42 Å². The molecule has 0 saturated carbocycles. The van der Waals surface area contributed by atoms with Gasteiger partial charge in [-0.15, -0.1) is 0 Å². The molecule has 4 heterocycles. The molecule has 4 rings (SSSR count).